The highest BCUT2D eigenvalue weighted by Gasteiger charge is 2.01. The second-order valence-corrected chi connectivity index (χ2v) is 4.61. The van der Waals surface area contributed by atoms with Crippen molar-refractivity contribution in [3.05, 3.63) is 28.5 Å². The van der Waals surface area contributed by atoms with Crippen molar-refractivity contribution in [3.63, 3.8) is 0 Å². The standard InChI is InChI=1S/C12H15BrFNO2/c13-10-6-5-9(14)8-11(10)15-7-3-1-2-4-12(16)17/h5-6,8,15H,1-4,7H2,(H,16,17). The first-order valence-corrected chi connectivity index (χ1v) is 6.29. The molecule has 1 rings (SSSR count). The van der Waals surface area contributed by atoms with Crippen molar-refractivity contribution in [2.24, 2.45) is 0 Å². The lowest BCUT2D eigenvalue weighted by Crippen LogP contribution is -2.03. The maximum atomic E-state index is 12.9. The van der Waals surface area contributed by atoms with Gasteiger partial charge in [-0.05, 0) is 47.0 Å². The number of unbranched alkanes of at least 4 members (excludes halogenated alkanes) is 2. The molecule has 0 aliphatic heterocycles. The summed E-state index contributed by atoms with van der Waals surface area (Å²) in [5.41, 5.74) is 0.725. The molecule has 5 heteroatoms. The van der Waals surface area contributed by atoms with E-state index in [0.717, 1.165) is 23.0 Å². The molecule has 1 aromatic carbocycles. The molecule has 0 saturated carbocycles. The maximum Gasteiger partial charge on any atom is 0.303 e. The third-order valence-electron chi connectivity index (χ3n) is 2.31. The molecular formula is C12H15BrFNO2. The normalized spacial score (nSPS) is 10.2. The number of anilines is 1. The summed E-state index contributed by atoms with van der Waals surface area (Å²) in [7, 11) is 0. The van der Waals surface area contributed by atoms with Crippen LogP contribution in [0.4, 0.5) is 10.1 Å². The van der Waals surface area contributed by atoms with E-state index in [9.17, 15) is 9.18 Å². The third kappa shape index (κ3) is 5.68. The predicted octanol–water partition coefficient (Wildman–Crippen LogP) is 3.65. The van der Waals surface area contributed by atoms with E-state index < -0.39 is 5.97 Å². The molecule has 2 N–H and O–H groups in total. The Labute approximate surface area is 108 Å². The van der Waals surface area contributed by atoms with Crippen LogP contribution in [0.2, 0.25) is 0 Å². The quantitative estimate of drug-likeness (QED) is 0.756. The van der Waals surface area contributed by atoms with Crippen LogP contribution in [0.15, 0.2) is 22.7 Å². The van der Waals surface area contributed by atoms with E-state index in [1.807, 2.05) is 0 Å². The molecule has 0 amide bonds. The molecule has 0 heterocycles. The zero-order valence-electron chi connectivity index (χ0n) is 9.38. The number of hydrogen-bond acceptors (Lipinski definition) is 2. The smallest absolute Gasteiger partial charge is 0.303 e. The summed E-state index contributed by atoms with van der Waals surface area (Å²) in [6.45, 7) is 0.710. The number of rotatable bonds is 7. The SMILES string of the molecule is O=C(O)CCCCCNc1cc(F)ccc1Br. The fourth-order valence-corrected chi connectivity index (χ4v) is 1.82. The molecular weight excluding hydrogens is 289 g/mol. The average molecular weight is 304 g/mol. The second kappa shape index (κ2) is 7.27. The minimum atomic E-state index is -0.758. The van der Waals surface area contributed by atoms with E-state index in [2.05, 4.69) is 21.2 Å². The van der Waals surface area contributed by atoms with E-state index in [4.69, 9.17) is 5.11 Å². The van der Waals surface area contributed by atoms with Crippen LogP contribution in [0.5, 0.6) is 0 Å². The summed E-state index contributed by atoms with van der Waals surface area (Å²) < 4.78 is 13.8. The Bertz CT molecular complexity index is 385. The Morgan fingerprint density at radius 2 is 2.12 bits per heavy atom. The zero-order valence-corrected chi connectivity index (χ0v) is 11.0. The van der Waals surface area contributed by atoms with Crippen LogP contribution >= 0.6 is 15.9 Å². The van der Waals surface area contributed by atoms with Gasteiger partial charge in [-0.25, -0.2) is 4.39 Å². The lowest BCUT2D eigenvalue weighted by molar-refractivity contribution is -0.137. The zero-order chi connectivity index (χ0) is 12.7. The molecule has 0 aromatic heterocycles. The molecule has 1 aromatic rings. The topological polar surface area (TPSA) is 49.3 Å². The van der Waals surface area contributed by atoms with Gasteiger partial charge in [0, 0.05) is 17.4 Å². The third-order valence-corrected chi connectivity index (χ3v) is 3.00. The molecule has 0 saturated heterocycles. The second-order valence-electron chi connectivity index (χ2n) is 3.76. The monoisotopic (exact) mass is 303 g/mol. The minimum absolute atomic E-state index is 0.212. The van der Waals surface area contributed by atoms with Crippen molar-refractivity contribution in [1.29, 1.82) is 0 Å². The van der Waals surface area contributed by atoms with E-state index in [1.54, 1.807) is 6.07 Å². The Kier molecular flexibility index (Phi) is 5.97. The van der Waals surface area contributed by atoms with Crippen LogP contribution in [0.25, 0.3) is 0 Å². The van der Waals surface area contributed by atoms with E-state index in [-0.39, 0.29) is 12.2 Å². The predicted molar refractivity (Wildman–Crippen MR) is 68.7 cm³/mol. The van der Waals surface area contributed by atoms with Gasteiger partial charge in [-0.1, -0.05) is 6.42 Å². The van der Waals surface area contributed by atoms with E-state index >= 15 is 0 Å². The molecule has 0 aliphatic rings. The number of carbonyl (C=O) groups is 1. The van der Waals surface area contributed by atoms with Gasteiger partial charge in [-0.15, -0.1) is 0 Å². The lowest BCUT2D eigenvalue weighted by atomic mass is 10.2. The van der Waals surface area contributed by atoms with Gasteiger partial charge in [-0.2, -0.15) is 0 Å². The fourth-order valence-electron chi connectivity index (χ4n) is 1.43. The van der Waals surface area contributed by atoms with E-state index in [1.165, 1.54) is 12.1 Å². The van der Waals surface area contributed by atoms with Crippen molar-refractivity contribution in [1.82, 2.24) is 0 Å². The van der Waals surface area contributed by atoms with Crippen LogP contribution in [0.1, 0.15) is 25.7 Å². The molecule has 0 atom stereocenters. The van der Waals surface area contributed by atoms with Crippen LogP contribution < -0.4 is 5.32 Å². The van der Waals surface area contributed by atoms with Gasteiger partial charge in [0.1, 0.15) is 5.82 Å². The Morgan fingerprint density at radius 1 is 1.35 bits per heavy atom. The highest BCUT2D eigenvalue weighted by molar-refractivity contribution is 9.10. The summed E-state index contributed by atoms with van der Waals surface area (Å²) in [6.07, 6.45) is 2.62. The summed E-state index contributed by atoms with van der Waals surface area (Å²) in [4.78, 5) is 10.3. The molecule has 0 aliphatic carbocycles. The van der Waals surface area contributed by atoms with Crippen molar-refractivity contribution >= 4 is 27.6 Å². The molecule has 0 bridgehead atoms. The van der Waals surface area contributed by atoms with Crippen LogP contribution in [0.3, 0.4) is 0 Å². The van der Waals surface area contributed by atoms with Gasteiger partial charge in [-0.3, -0.25) is 4.79 Å². The van der Waals surface area contributed by atoms with Gasteiger partial charge in [0.15, 0.2) is 0 Å². The number of carboxylic acids is 1. The van der Waals surface area contributed by atoms with Gasteiger partial charge in [0.05, 0.1) is 5.69 Å². The van der Waals surface area contributed by atoms with Crippen LogP contribution in [0, 0.1) is 5.82 Å². The van der Waals surface area contributed by atoms with Crippen molar-refractivity contribution in [2.45, 2.75) is 25.7 Å². The summed E-state index contributed by atoms with van der Waals surface area (Å²) >= 11 is 3.33. The summed E-state index contributed by atoms with van der Waals surface area (Å²) in [5, 5.41) is 11.6. The molecule has 3 nitrogen and oxygen atoms in total. The van der Waals surface area contributed by atoms with Gasteiger partial charge in [0.25, 0.3) is 0 Å². The number of aliphatic carboxylic acids is 1. The summed E-state index contributed by atoms with van der Waals surface area (Å²) in [5.74, 6) is -1.03. The lowest BCUT2D eigenvalue weighted by Gasteiger charge is -2.08. The number of nitrogens with one attached hydrogen (secondary N) is 1. The molecule has 0 radical (unpaired) electrons. The van der Waals surface area contributed by atoms with Crippen molar-refractivity contribution in [3.8, 4) is 0 Å². The number of halogens is 2. The van der Waals surface area contributed by atoms with Crippen LogP contribution in [-0.4, -0.2) is 17.6 Å². The van der Waals surface area contributed by atoms with Crippen molar-refractivity contribution < 1.29 is 14.3 Å². The Balaban J connectivity index is 2.22. The highest BCUT2D eigenvalue weighted by atomic mass is 79.9. The number of benzene rings is 1. The molecule has 0 unspecified atom stereocenters. The molecule has 17 heavy (non-hydrogen) atoms. The van der Waals surface area contributed by atoms with Gasteiger partial charge >= 0.3 is 5.97 Å². The average Bonchev–Trinajstić information content (AvgIpc) is 2.27. The fraction of sp³-hybridized carbons (Fsp3) is 0.417. The molecule has 94 valence electrons. The van der Waals surface area contributed by atoms with E-state index in [0.29, 0.717) is 13.0 Å². The summed E-state index contributed by atoms with van der Waals surface area (Å²) in [6, 6.07) is 4.48. The van der Waals surface area contributed by atoms with Crippen molar-refractivity contribution in [2.75, 3.05) is 11.9 Å². The Morgan fingerprint density at radius 3 is 2.82 bits per heavy atom. The Hall–Kier alpha value is -1.10. The number of carboxylic acid groups (broad SMARTS) is 1. The maximum absolute atomic E-state index is 12.9. The first-order valence-electron chi connectivity index (χ1n) is 5.50. The first-order chi connectivity index (χ1) is 8.09. The van der Waals surface area contributed by atoms with Gasteiger partial charge < -0.3 is 10.4 Å². The minimum Gasteiger partial charge on any atom is -0.481 e. The largest absolute Gasteiger partial charge is 0.481 e. The molecule has 0 spiro atoms. The number of hydrogen-bond donors (Lipinski definition) is 2. The first kappa shape index (κ1) is 14.0. The highest BCUT2D eigenvalue weighted by Crippen LogP contribution is 2.22. The van der Waals surface area contributed by atoms with Crippen LogP contribution in [-0.2, 0) is 4.79 Å². The van der Waals surface area contributed by atoms with Gasteiger partial charge in [0.2, 0.25) is 0 Å². The molecule has 0 fully saturated rings.